The van der Waals surface area contributed by atoms with Crippen LogP contribution in [0.25, 0.3) is 0 Å². The van der Waals surface area contributed by atoms with Gasteiger partial charge in [0.1, 0.15) is 6.33 Å². The van der Waals surface area contributed by atoms with Gasteiger partial charge >= 0.3 is 0 Å². The second kappa shape index (κ2) is 7.56. The minimum absolute atomic E-state index is 0.568. The SMILES string of the molecule is CCCN1CCC(C(C)NCc2ccncn2)CC1. The molecule has 1 N–H and O–H groups in total. The van der Waals surface area contributed by atoms with Crippen LogP contribution in [0.4, 0.5) is 0 Å². The number of hydrogen-bond acceptors (Lipinski definition) is 4. The Bertz CT molecular complexity index is 346. The van der Waals surface area contributed by atoms with E-state index in [-0.39, 0.29) is 0 Å². The largest absolute Gasteiger partial charge is 0.308 e. The minimum atomic E-state index is 0.568. The number of likely N-dealkylation sites (tertiary alicyclic amines) is 1. The Balaban J connectivity index is 1.71. The highest BCUT2D eigenvalue weighted by molar-refractivity contribution is 4.97. The number of nitrogens with zero attached hydrogens (tertiary/aromatic N) is 3. The normalized spacial score (nSPS) is 19.5. The zero-order chi connectivity index (χ0) is 13.5. The molecule has 1 fully saturated rings. The number of rotatable bonds is 6. The van der Waals surface area contributed by atoms with Gasteiger partial charge in [-0.3, -0.25) is 0 Å². The van der Waals surface area contributed by atoms with Gasteiger partial charge in [0, 0.05) is 18.8 Å². The molecule has 1 unspecified atom stereocenters. The first kappa shape index (κ1) is 14.4. The molecule has 19 heavy (non-hydrogen) atoms. The summed E-state index contributed by atoms with van der Waals surface area (Å²) in [6.45, 7) is 9.20. The number of piperidine rings is 1. The monoisotopic (exact) mass is 262 g/mol. The number of hydrogen-bond donors (Lipinski definition) is 1. The molecule has 1 aromatic rings. The van der Waals surface area contributed by atoms with Crippen LogP contribution in [0.1, 0.15) is 38.8 Å². The van der Waals surface area contributed by atoms with Crippen molar-refractivity contribution >= 4 is 0 Å². The van der Waals surface area contributed by atoms with E-state index < -0.39 is 0 Å². The highest BCUT2D eigenvalue weighted by Gasteiger charge is 2.23. The van der Waals surface area contributed by atoms with Crippen molar-refractivity contribution in [2.45, 2.75) is 45.7 Å². The van der Waals surface area contributed by atoms with Gasteiger partial charge in [-0.15, -0.1) is 0 Å². The second-order valence-corrected chi connectivity index (χ2v) is 5.55. The van der Waals surface area contributed by atoms with Crippen LogP contribution in [0.15, 0.2) is 18.6 Å². The lowest BCUT2D eigenvalue weighted by molar-refractivity contribution is 0.162. The van der Waals surface area contributed by atoms with Crippen molar-refractivity contribution in [3.05, 3.63) is 24.3 Å². The van der Waals surface area contributed by atoms with E-state index in [9.17, 15) is 0 Å². The van der Waals surface area contributed by atoms with Gasteiger partial charge in [0.25, 0.3) is 0 Å². The summed E-state index contributed by atoms with van der Waals surface area (Å²) in [5.41, 5.74) is 1.07. The molecule has 1 aliphatic rings. The summed E-state index contributed by atoms with van der Waals surface area (Å²) in [5, 5.41) is 3.61. The van der Waals surface area contributed by atoms with E-state index in [4.69, 9.17) is 0 Å². The van der Waals surface area contributed by atoms with Gasteiger partial charge < -0.3 is 10.2 Å². The molecule has 1 atom stereocenters. The highest BCUT2D eigenvalue weighted by atomic mass is 15.1. The van der Waals surface area contributed by atoms with Crippen LogP contribution in [0, 0.1) is 5.92 Å². The standard InChI is InChI=1S/C15H26N4/c1-3-8-19-9-5-14(6-10-19)13(2)17-11-15-4-7-16-12-18-15/h4,7,12-14,17H,3,5-6,8-11H2,1-2H3. The third-order valence-corrected chi connectivity index (χ3v) is 4.13. The maximum Gasteiger partial charge on any atom is 0.115 e. The maximum atomic E-state index is 4.25. The number of aromatic nitrogens is 2. The van der Waals surface area contributed by atoms with Crippen molar-refractivity contribution in [2.24, 2.45) is 5.92 Å². The molecule has 0 radical (unpaired) electrons. The third kappa shape index (κ3) is 4.55. The molecule has 106 valence electrons. The fourth-order valence-corrected chi connectivity index (χ4v) is 2.85. The molecule has 2 heterocycles. The van der Waals surface area contributed by atoms with E-state index in [1.807, 2.05) is 6.07 Å². The summed E-state index contributed by atoms with van der Waals surface area (Å²) in [4.78, 5) is 10.8. The Morgan fingerprint density at radius 1 is 1.42 bits per heavy atom. The Kier molecular flexibility index (Phi) is 5.73. The molecular formula is C15H26N4. The van der Waals surface area contributed by atoms with Crippen molar-refractivity contribution in [1.82, 2.24) is 20.2 Å². The maximum absolute atomic E-state index is 4.25. The fraction of sp³-hybridized carbons (Fsp3) is 0.733. The van der Waals surface area contributed by atoms with Crippen molar-refractivity contribution in [3.63, 3.8) is 0 Å². The van der Waals surface area contributed by atoms with Crippen molar-refractivity contribution in [1.29, 1.82) is 0 Å². The summed E-state index contributed by atoms with van der Waals surface area (Å²) in [7, 11) is 0. The Morgan fingerprint density at radius 2 is 2.21 bits per heavy atom. The minimum Gasteiger partial charge on any atom is -0.308 e. The van der Waals surface area contributed by atoms with Gasteiger partial charge in [-0.25, -0.2) is 9.97 Å². The summed E-state index contributed by atoms with van der Waals surface area (Å²) in [6, 6.07) is 2.54. The van der Waals surface area contributed by atoms with E-state index >= 15 is 0 Å². The molecule has 2 rings (SSSR count). The Hall–Kier alpha value is -1.00. The third-order valence-electron chi connectivity index (χ3n) is 4.13. The second-order valence-electron chi connectivity index (χ2n) is 5.55. The van der Waals surface area contributed by atoms with Gasteiger partial charge in [0.15, 0.2) is 0 Å². The first-order chi connectivity index (χ1) is 9.29. The summed E-state index contributed by atoms with van der Waals surface area (Å²) < 4.78 is 0. The van der Waals surface area contributed by atoms with Crippen LogP contribution in [0.5, 0.6) is 0 Å². The van der Waals surface area contributed by atoms with Crippen LogP contribution >= 0.6 is 0 Å². The first-order valence-electron chi connectivity index (χ1n) is 7.50. The summed E-state index contributed by atoms with van der Waals surface area (Å²) in [5.74, 6) is 0.801. The molecule has 4 heteroatoms. The summed E-state index contributed by atoms with van der Waals surface area (Å²) >= 11 is 0. The van der Waals surface area contributed by atoms with Crippen LogP contribution in [0.2, 0.25) is 0 Å². The van der Waals surface area contributed by atoms with E-state index in [1.54, 1.807) is 12.5 Å². The lowest BCUT2D eigenvalue weighted by atomic mass is 9.90. The van der Waals surface area contributed by atoms with Gasteiger partial charge in [0.2, 0.25) is 0 Å². The molecule has 0 saturated carbocycles. The average Bonchev–Trinajstić information content (AvgIpc) is 2.47. The smallest absolute Gasteiger partial charge is 0.115 e. The van der Waals surface area contributed by atoms with Crippen molar-refractivity contribution in [2.75, 3.05) is 19.6 Å². The number of nitrogens with one attached hydrogen (secondary N) is 1. The van der Waals surface area contributed by atoms with Gasteiger partial charge in [-0.2, -0.15) is 0 Å². The summed E-state index contributed by atoms with van der Waals surface area (Å²) in [6.07, 6.45) is 7.32. The predicted octanol–water partition coefficient (Wildman–Crippen LogP) is 2.08. The molecule has 1 aliphatic heterocycles. The van der Waals surface area contributed by atoms with E-state index in [2.05, 4.69) is 34.0 Å². The van der Waals surface area contributed by atoms with E-state index in [0.717, 1.165) is 18.2 Å². The molecule has 4 nitrogen and oxygen atoms in total. The molecule has 1 aromatic heterocycles. The quantitative estimate of drug-likeness (QED) is 0.852. The molecule has 0 aliphatic carbocycles. The lowest BCUT2D eigenvalue weighted by Crippen LogP contribution is -2.42. The molecule has 0 bridgehead atoms. The van der Waals surface area contributed by atoms with Crippen LogP contribution < -0.4 is 5.32 Å². The zero-order valence-electron chi connectivity index (χ0n) is 12.2. The molecule has 0 spiro atoms. The van der Waals surface area contributed by atoms with Crippen molar-refractivity contribution < 1.29 is 0 Å². The van der Waals surface area contributed by atoms with Crippen LogP contribution in [-0.4, -0.2) is 40.5 Å². The molecule has 0 aromatic carbocycles. The zero-order valence-corrected chi connectivity index (χ0v) is 12.2. The fourth-order valence-electron chi connectivity index (χ4n) is 2.85. The Labute approximate surface area is 116 Å². The molecule has 1 saturated heterocycles. The molecule has 0 amide bonds. The van der Waals surface area contributed by atoms with Gasteiger partial charge in [0.05, 0.1) is 5.69 Å². The van der Waals surface area contributed by atoms with Crippen LogP contribution in [-0.2, 0) is 6.54 Å². The van der Waals surface area contributed by atoms with E-state index in [0.29, 0.717) is 6.04 Å². The molecular weight excluding hydrogens is 236 g/mol. The predicted molar refractivity (Wildman–Crippen MR) is 77.8 cm³/mol. The van der Waals surface area contributed by atoms with E-state index in [1.165, 1.54) is 38.9 Å². The Morgan fingerprint density at radius 3 is 2.84 bits per heavy atom. The van der Waals surface area contributed by atoms with Gasteiger partial charge in [-0.05, 0) is 57.8 Å². The topological polar surface area (TPSA) is 41.0 Å². The van der Waals surface area contributed by atoms with Gasteiger partial charge in [-0.1, -0.05) is 6.92 Å². The van der Waals surface area contributed by atoms with Crippen molar-refractivity contribution in [3.8, 4) is 0 Å². The lowest BCUT2D eigenvalue weighted by Gasteiger charge is -2.35. The highest BCUT2D eigenvalue weighted by Crippen LogP contribution is 2.20. The van der Waals surface area contributed by atoms with Crippen LogP contribution in [0.3, 0.4) is 0 Å². The first-order valence-corrected chi connectivity index (χ1v) is 7.50. The average molecular weight is 262 g/mol.